The summed E-state index contributed by atoms with van der Waals surface area (Å²) in [7, 11) is 0. The largest absolute Gasteiger partial charge is 0.0882 e. The van der Waals surface area contributed by atoms with Gasteiger partial charge in [-0.15, -0.1) is 0 Å². The smallest absolute Gasteiger partial charge is 0.00582 e. The average Bonchev–Trinajstić information content (AvgIpc) is 3.00. The summed E-state index contributed by atoms with van der Waals surface area (Å²) < 4.78 is 0. The van der Waals surface area contributed by atoms with E-state index in [2.05, 4.69) is 31.2 Å². The molecule has 3 aliphatic rings. The van der Waals surface area contributed by atoms with Crippen LogP contribution in [0.3, 0.4) is 0 Å². The Kier molecular flexibility index (Phi) is 6.43. The predicted molar refractivity (Wildman–Crippen MR) is 101 cm³/mol. The Morgan fingerprint density at radius 2 is 1.35 bits per heavy atom. The molecule has 0 spiro atoms. The zero-order valence-electron chi connectivity index (χ0n) is 15.4. The first-order chi connectivity index (χ1) is 11.3. The summed E-state index contributed by atoms with van der Waals surface area (Å²) in [6.07, 6.45) is 30.4. The van der Waals surface area contributed by atoms with Crippen LogP contribution >= 0.6 is 0 Å². The van der Waals surface area contributed by atoms with Gasteiger partial charge in [-0.3, -0.25) is 0 Å². The standard InChI is InChI=1S/C23H38/c1-2-23(22-16-3-4-17-22,19-9-15-21-13-8-14-21)18-6-5-10-20-11-7-12-20/h5-6,9,19-22H,2-4,7-8,10-18H2,1H3. The first-order valence-corrected chi connectivity index (χ1v) is 10.6. The first kappa shape index (κ1) is 17.3. The van der Waals surface area contributed by atoms with Gasteiger partial charge in [0.2, 0.25) is 0 Å². The van der Waals surface area contributed by atoms with Gasteiger partial charge in [-0.25, -0.2) is 0 Å². The van der Waals surface area contributed by atoms with Crippen molar-refractivity contribution in [2.24, 2.45) is 23.2 Å². The van der Waals surface area contributed by atoms with Crippen LogP contribution in [-0.4, -0.2) is 0 Å². The van der Waals surface area contributed by atoms with Crippen molar-refractivity contribution in [3.63, 3.8) is 0 Å². The van der Waals surface area contributed by atoms with Crippen molar-refractivity contribution >= 4 is 0 Å². The van der Waals surface area contributed by atoms with Gasteiger partial charge >= 0.3 is 0 Å². The molecule has 1 atom stereocenters. The summed E-state index contributed by atoms with van der Waals surface area (Å²) in [6.45, 7) is 2.44. The van der Waals surface area contributed by atoms with E-state index in [1.807, 2.05) is 0 Å². The Hall–Kier alpha value is -0.520. The van der Waals surface area contributed by atoms with E-state index in [1.165, 1.54) is 89.9 Å². The van der Waals surface area contributed by atoms with Gasteiger partial charge in [0, 0.05) is 0 Å². The van der Waals surface area contributed by atoms with Crippen LogP contribution in [0.2, 0.25) is 0 Å². The summed E-state index contributed by atoms with van der Waals surface area (Å²) in [5, 5.41) is 0. The Bertz CT molecular complexity index is 390. The van der Waals surface area contributed by atoms with Crippen molar-refractivity contribution in [1.29, 1.82) is 0 Å². The third-order valence-corrected chi connectivity index (χ3v) is 7.33. The van der Waals surface area contributed by atoms with Gasteiger partial charge in [-0.2, -0.15) is 0 Å². The third-order valence-electron chi connectivity index (χ3n) is 7.33. The lowest BCUT2D eigenvalue weighted by molar-refractivity contribution is 0.222. The lowest BCUT2D eigenvalue weighted by Crippen LogP contribution is -2.26. The molecule has 23 heavy (non-hydrogen) atoms. The molecule has 0 heterocycles. The number of rotatable bonds is 9. The molecule has 0 aromatic heterocycles. The molecule has 0 nitrogen and oxygen atoms in total. The van der Waals surface area contributed by atoms with E-state index in [9.17, 15) is 0 Å². The molecule has 0 aromatic rings. The summed E-state index contributed by atoms with van der Waals surface area (Å²) in [5.74, 6) is 2.97. The minimum Gasteiger partial charge on any atom is -0.0882 e. The molecule has 0 bridgehead atoms. The maximum Gasteiger partial charge on any atom is -0.00582 e. The molecule has 0 amide bonds. The Morgan fingerprint density at radius 3 is 1.87 bits per heavy atom. The van der Waals surface area contributed by atoms with Crippen LogP contribution in [0.5, 0.6) is 0 Å². The van der Waals surface area contributed by atoms with Crippen molar-refractivity contribution in [1.82, 2.24) is 0 Å². The highest BCUT2D eigenvalue weighted by Crippen LogP contribution is 2.46. The molecule has 1 unspecified atom stereocenters. The summed E-state index contributed by atoms with van der Waals surface area (Å²) in [5.41, 5.74) is 0.469. The topological polar surface area (TPSA) is 0 Å². The molecule has 0 heteroatoms. The predicted octanol–water partition coefficient (Wildman–Crippen LogP) is 7.46. The van der Waals surface area contributed by atoms with Crippen LogP contribution in [0.1, 0.15) is 96.8 Å². The molecule has 130 valence electrons. The second-order valence-corrected chi connectivity index (χ2v) is 8.71. The van der Waals surface area contributed by atoms with Gasteiger partial charge in [0.05, 0.1) is 0 Å². The Balaban J connectivity index is 1.57. The van der Waals surface area contributed by atoms with Gasteiger partial charge in [-0.05, 0) is 61.7 Å². The van der Waals surface area contributed by atoms with Gasteiger partial charge in [0.1, 0.15) is 0 Å². The van der Waals surface area contributed by atoms with E-state index in [0.29, 0.717) is 5.41 Å². The molecule has 3 fully saturated rings. The highest BCUT2D eigenvalue weighted by Gasteiger charge is 2.35. The van der Waals surface area contributed by atoms with Gasteiger partial charge in [-0.1, -0.05) is 82.6 Å². The summed E-state index contributed by atoms with van der Waals surface area (Å²) in [6, 6.07) is 0. The minimum atomic E-state index is 0.469. The van der Waals surface area contributed by atoms with E-state index >= 15 is 0 Å². The average molecular weight is 315 g/mol. The quantitative estimate of drug-likeness (QED) is 0.387. The molecule has 3 aliphatic carbocycles. The molecule has 0 saturated heterocycles. The lowest BCUT2D eigenvalue weighted by Gasteiger charge is -2.36. The van der Waals surface area contributed by atoms with Crippen LogP contribution in [0.4, 0.5) is 0 Å². The summed E-state index contributed by atoms with van der Waals surface area (Å²) >= 11 is 0. The fraction of sp³-hybridized carbons (Fsp3) is 0.826. The van der Waals surface area contributed by atoms with Crippen LogP contribution in [0.25, 0.3) is 0 Å². The van der Waals surface area contributed by atoms with E-state index in [4.69, 9.17) is 0 Å². The van der Waals surface area contributed by atoms with Gasteiger partial charge in [0.25, 0.3) is 0 Å². The van der Waals surface area contributed by atoms with E-state index in [0.717, 1.165) is 17.8 Å². The van der Waals surface area contributed by atoms with Crippen molar-refractivity contribution in [3.05, 3.63) is 24.3 Å². The van der Waals surface area contributed by atoms with Crippen molar-refractivity contribution in [2.75, 3.05) is 0 Å². The zero-order valence-corrected chi connectivity index (χ0v) is 15.4. The lowest BCUT2D eigenvalue weighted by atomic mass is 9.69. The van der Waals surface area contributed by atoms with Crippen molar-refractivity contribution in [3.8, 4) is 0 Å². The van der Waals surface area contributed by atoms with Crippen LogP contribution in [-0.2, 0) is 0 Å². The number of hydrogen-bond acceptors (Lipinski definition) is 0. The molecule has 0 aromatic carbocycles. The Labute approximate surface area is 144 Å². The second-order valence-electron chi connectivity index (χ2n) is 8.71. The van der Waals surface area contributed by atoms with Crippen molar-refractivity contribution in [2.45, 2.75) is 96.8 Å². The van der Waals surface area contributed by atoms with Crippen LogP contribution in [0, 0.1) is 23.2 Å². The SMILES string of the molecule is CCC(C=CCC1CCC1)(CC=CCC1CCC1)C1CCCC1. The van der Waals surface area contributed by atoms with E-state index < -0.39 is 0 Å². The molecular weight excluding hydrogens is 276 g/mol. The van der Waals surface area contributed by atoms with Gasteiger partial charge < -0.3 is 0 Å². The zero-order chi connectivity index (χ0) is 16.0. The van der Waals surface area contributed by atoms with E-state index in [1.54, 1.807) is 0 Å². The monoisotopic (exact) mass is 314 g/mol. The molecule has 0 N–H and O–H groups in total. The maximum atomic E-state index is 2.68. The van der Waals surface area contributed by atoms with Gasteiger partial charge in [0.15, 0.2) is 0 Å². The molecule has 0 radical (unpaired) electrons. The summed E-state index contributed by atoms with van der Waals surface area (Å²) in [4.78, 5) is 0. The second kappa shape index (κ2) is 8.54. The van der Waals surface area contributed by atoms with Crippen LogP contribution in [0.15, 0.2) is 24.3 Å². The fourth-order valence-corrected chi connectivity index (χ4v) is 4.97. The third kappa shape index (κ3) is 4.52. The highest BCUT2D eigenvalue weighted by atomic mass is 14.4. The minimum absolute atomic E-state index is 0.469. The maximum absolute atomic E-state index is 2.68. The normalized spacial score (nSPS) is 26.7. The number of allylic oxidation sites excluding steroid dienone is 4. The number of hydrogen-bond donors (Lipinski definition) is 0. The highest BCUT2D eigenvalue weighted by molar-refractivity contribution is 5.08. The Morgan fingerprint density at radius 1 is 0.739 bits per heavy atom. The first-order valence-electron chi connectivity index (χ1n) is 10.6. The molecule has 3 rings (SSSR count). The van der Waals surface area contributed by atoms with Crippen molar-refractivity contribution < 1.29 is 0 Å². The fourth-order valence-electron chi connectivity index (χ4n) is 4.97. The molecule has 0 aliphatic heterocycles. The van der Waals surface area contributed by atoms with E-state index in [-0.39, 0.29) is 0 Å². The molecule has 3 saturated carbocycles. The molecular formula is C23H38. The van der Waals surface area contributed by atoms with Crippen LogP contribution < -0.4 is 0 Å².